The maximum Gasteiger partial charge on any atom is 0.191 e. The van der Waals surface area contributed by atoms with Gasteiger partial charge in [0, 0.05) is 18.5 Å². The Bertz CT molecular complexity index is 780. The number of sulfone groups is 1. The van der Waals surface area contributed by atoms with Gasteiger partial charge in [-0.25, -0.2) is 8.42 Å². The number of nitrogens with one attached hydrogen (secondary N) is 2. The van der Waals surface area contributed by atoms with E-state index in [1.54, 1.807) is 20.8 Å². The Morgan fingerprint density at radius 2 is 1.96 bits per heavy atom. The van der Waals surface area contributed by atoms with Gasteiger partial charge in [-0.2, -0.15) is 0 Å². The van der Waals surface area contributed by atoms with Crippen LogP contribution in [0.5, 0.6) is 5.75 Å². The number of aliphatic imine (C=N–C) groups is 1. The predicted octanol–water partition coefficient (Wildman–Crippen LogP) is 3.06. The van der Waals surface area contributed by atoms with E-state index in [1.165, 1.54) is 0 Å². The first kappa shape index (κ1) is 21.5. The quantitative estimate of drug-likeness (QED) is 0.592. The van der Waals surface area contributed by atoms with Crippen LogP contribution >= 0.6 is 0 Å². The number of hydrogen-bond donors (Lipinski definition) is 2. The zero-order chi connectivity index (χ0) is 20.3. The van der Waals surface area contributed by atoms with Gasteiger partial charge in [0.05, 0.1) is 23.1 Å². The van der Waals surface area contributed by atoms with Gasteiger partial charge in [0.25, 0.3) is 0 Å². The van der Waals surface area contributed by atoms with E-state index >= 15 is 0 Å². The molecule has 7 heteroatoms. The fourth-order valence-electron chi connectivity index (χ4n) is 3.00. The van der Waals surface area contributed by atoms with Crippen LogP contribution in [-0.2, 0) is 9.84 Å². The number of hydrogen-bond acceptors (Lipinski definition) is 4. The highest BCUT2D eigenvalue weighted by molar-refractivity contribution is 7.92. The zero-order valence-electron chi connectivity index (χ0n) is 17.3. The summed E-state index contributed by atoms with van der Waals surface area (Å²) >= 11 is 0. The monoisotopic (exact) mass is 395 g/mol. The smallest absolute Gasteiger partial charge is 0.191 e. The molecule has 0 aliphatic carbocycles. The number of ether oxygens (including phenoxy) is 1. The number of fused-ring (bicyclic) bond motifs is 1. The lowest BCUT2D eigenvalue weighted by Gasteiger charge is -2.38. The van der Waals surface area contributed by atoms with E-state index < -0.39 is 14.6 Å². The van der Waals surface area contributed by atoms with Crippen molar-refractivity contribution in [2.24, 2.45) is 4.99 Å². The average molecular weight is 396 g/mol. The van der Waals surface area contributed by atoms with Crippen LogP contribution in [0, 0.1) is 0 Å². The fourth-order valence-corrected chi connectivity index (χ4v) is 3.94. The van der Waals surface area contributed by atoms with Crippen molar-refractivity contribution < 1.29 is 13.2 Å². The van der Waals surface area contributed by atoms with Crippen LogP contribution in [0.3, 0.4) is 0 Å². The van der Waals surface area contributed by atoms with Crippen LogP contribution in [0.4, 0.5) is 0 Å². The van der Waals surface area contributed by atoms with E-state index in [4.69, 9.17) is 4.74 Å². The largest absolute Gasteiger partial charge is 0.487 e. The van der Waals surface area contributed by atoms with E-state index in [1.807, 2.05) is 25.1 Å². The predicted molar refractivity (Wildman–Crippen MR) is 111 cm³/mol. The summed E-state index contributed by atoms with van der Waals surface area (Å²) in [6, 6.07) is 8.03. The van der Waals surface area contributed by atoms with E-state index in [2.05, 4.69) is 35.5 Å². The highest BCUT2D eigenvalue weighted by Crippen LogP contribution is 2.39. The summed E-state index contributed by atoms with van der Waals surface area (Å²) in [4.78, 5) is 4.50. The molecule has 6 nitrogen and oxygen atoms in total. The third-order valence-corrected chi connectivity index (χ3v) is 7.18. The summed E-state index contributed by atoms with van der Waals surface area (Å²) in [6.07, 6.45) is 0.786. The van der Waals surface area contributed by atoms with Gasteiger partial charge in [-0.3, -0.25) is 4.99 Å². The lowest BCUT2D eigenvalue weighted by Crippen LogP contribution is -2.45. The number of benzene rings is 1. The first-order valence-corrected chi connectivity index (χ1v) is 11.2. The Kier molecular flexibility index (Phi) is 6.45. The van der Waals surface area contributed by atoms with Crippen molar-refractivity contribution in [1.82, 2.24) is 10.6 Å². The molecule has 1 aliphatic rings. The third-order valence-electron chi connectivity index (χ3n) is 4.59. The average Bonchev–Trinajstić information content (AvgIpc) is 2.52. The molecule has 0 aromatic heterocycles. The summed E-state index contributed by atoms with van der Waals surface area (Å²) in [5.74, 6) is 1.53. The molecule has 1 heterocycles. The van der Waals surface area contributed by atoms with Crippen LogP contribution < -0.4 is 15.4 Å². The van der Waals surface area contributed by atoms with Gasteiger partial charge >= 0.3 is 0 Å². The van der Waals surface area contributed by atoms with Crippen molar-refractivity contribution >= 4 is 15.8 Å². The number of nitrogens with zero attached hydrogens (tertiary/aromatic N) is 1. The van der Waals surface area contributed by atoms with Gasteiger partial charge in [-0.1, -0.05) is 18.2 Å². The van der Waals surface area contributed by atoms with Gasteiger partial charge in [0.1, 0.15) is 11.4 Å². The molecule has 0 saturated carbocycles. The Morgan fingerprint density at radius 3 is 2.59 bits per heavy atom. The number of rotatable bonds is 5. The first-order valence-electron chi connectivity index (χ1n) is 9.50. The lowest BCUT2D eigenvalue weighted by atomic mass is 9.90. The van der Waals surface area contributed by atoms with E-state index in [-0.39, 0.29) is 23.9 Å². The van der Waals surface area contributed by atoms with Crippen LogP contribution in [0.1, 0.15) is 59.6 Å². The molecular formula is C20H33N3O3S. The van der Waals surface area contributed by atoms with Gasteiger partial charge in [0.15, 0.2) is 15.8 Å². The van der Waals surface area contributed by atoms with Crippen molar-refractivity contribution in [3.05, 3.63) is 29.8 Å². The SMILES string of the molecule is CCNC(=NCCS(=O)(=O)C(C)(C)C)NC1CC(C)(C)Oc2ccccc21. The molecule has 27 heavy (non-hydrogen) atoms. The van der Waals surface area contributed by atoms with E-state index in [9.17, 15) is 8.42 Å². The molecule has 1 aliphatic heterocycles. The minimum Gasteiger partial charge on any atom is -0.487 e. The van der Waals surface area contributed by atoms with Gasteiger partial charge in [-0.15, -0.1) is 0 Å². The van der Waals surface area contributed by atoms with Crippen LogP contribution in [0.15, 0.2) is 29.3 Å². The number of para-hydroxylation sites is 1. The van der Waals surface area contributed by atoms with Crippen LogP contribution in [0.25, 0.3) is 0 Å². The van der Waals surface area contributed by atoms with Gasteiger partial charge < -0.3 is 15.4 Å². The molecule has 0 amide bonds. The van der Waals surface area contributed by atoms with Crippen molar-refractivity contribution in [2.45, 2.75) is 64.4 Å². The summed E-state index contributed by atoms with van der Waals surface area (Å²) in [5.41, 5.74) is 0.795. The van der Waals surface area contributed by atoms with Crippen molar-refractivity contribution in [1.29, 1.82) is 0 Å². The summed E-state index contributed by atoms with van der Waals surface area (Å²) in [5, 5.41) is 6.67. The lowest BCUT2D eigenvalue weighted by molar-refractivity contribution is 0.0694. The molecule has 0 bridgehead atoms. The Balaban J connectivity index is 2.16. The summed E-state index contributed by atoms with van der Waals surface area (Å²) < 4.78 is 29.9. The van der Waals surface area contributed by atoms with Crippen LogP contribution in [0.2, 0.25) is 0 Å². The zero-order valence-corrected chi connectivity index (χ0v) is 18.1. The molecule has 2 rings (SSSR count). The van der Waals surface area contributed by atoms with Gasteiger partial charge in [0.2, 0.25) is 0 Å². The van der Waals surface area contributed by atoms with Crippen molar-refractivity contribution in [3.63, 3.8) is 0 Å². The van der Waals surface area contributed by atoms with Crippen LogP contribution in [-0.4, -0.2) is 43.6 Å². The second-order valence-corrected chi connectivity index (χ2v) is 11.4. The van der Waals surface area contributed by atoms with E-state index in [0.717, 1.165) is 17.7 Å². The maximum absolute atomic E-state index is 12.3. The minimum atomic E-state index is -3.19. The molecule has 2 N–H and O–H groups in total. The second-order valence-electron chi connectivity index (χ2n) is 8.49. The Morgan fingerprint density at radius 1 is 1.30 bits per heavy atom. The molecule has 1 atom stereocenters. The second kappa shape index (κ2) is 8.09. The molecule has 0 saturated heterocycles. The first-order chi connectivity index (χ1) is 12.5. The normalized spacial score (nSPS) is 19.8. The molecular weight excluding hydrogens is 362 g/mol. The standard InChI is InChI=1S/C20H33N3O3S/c1-7-21-18(22-12-13-27(24,25)19(2,3)4)23-16-14-20(5,6)26-17-11-9-8-10-15(16)17/h8-11,16H,7,12-14H2,1-6H3,(H2,21,22,23). The Labute approximate surface area is 163 Å². The van der Waals surface area contributed by atoms with Gasteiger partial charge in [-0.05, 0) is 47.6 Å². The molecule has 1 aromatic carbocycles. The maximum atomic E-state index is 12.3. The highest BCUT2D eigenvalue weighted by Gasteiger charge is 2.34. The molecule has 1 aromatic rings. The van der Waals surface area contributed by atoms with Crippen molar-refractivity contribution in [2.75, 3.05) is 18.8 Å². The molecule has 0 spiro atoms. The molecule has 0 fully saturated rings. The molecule has 0 radical (unpaired) electrons. The van der Waals surface area contributed by atoms with Crippen molar-refractivity contribution in [3.8, 4) is 5.75 Å². The third kappa shape index (κ3) is 5.61. The summed E-state index contributed by atoms with van der Waals surface area (Å²) in [6.45, 7) is 12.2. The minimum absolute atomic E-state index is 0.0307. The fraction of sp³-hybridized carbons (Fsp3) is 0.650. The topological polar surface area (TPSA) is 79.8 Å². The Hall–Kier alpha value is -1.76. The summed E-state index contributed by atoms with van der Waals surface area (Å²) in [7, 11) is -3.19. The van der Waals surface area contributed by atoms with E-state index in [0.29, 0.717) is 12.5 Å². The number of guanidine groups is 1. The highest BCUT2D eigenvalue weighted by atomic mass is 32.2. The molecule has 152 valence electrons. The molecule has 1 unspecified atom stereocenters.